The van der Waals surface area contributed by atoms with Crippen LogP contribution in [0, 0.1) is 27.8 Å². The molecule has 138 valence electrons. The Balaban J connectivity index is 2.02. The lowest BCUT2D eigenvalue weighted by Crippen LogP contribution is -2.39. The van der Waals surface area contributed by atoms with E-state index in [4.69, 9.17) is 5.73 Å². The Kier molecular flexibility index (Phi) is 4.88. The maximum Gasteiger partial charge on any atom is 0.353 e. The van der Waals surface area contributed by atoms with Crippen molar-refractivity contribution < 1.29 is 9.31 Å². The second-order valence-electron chi connectivity index (χ2n) is 6.82. The number of anilines is 4. The normalized spacial score (nSPS) is 20.0. The number of hydrogen-bond acceptors (Lipinski definition) is 7. The van der Waals surface area contributed by atoms with Crippen molar-refractivity contribution in [3.05, 3.63) is 40.2 Å². The number of hydrogen-bond donors (Lipinski definition) is 2. The van der Waals surface area contributed by atoms with Crippen molar-refractivity contribution in [2.45, 2.75) is 20.3 Å². The quantitative estimate of drug-likeness (QED) is 0.635. The van der Waals surface area contributed by atoms with Crippen LogP contribution in [0.4, 0.5) is 33.3 Å². The van der Waals surface area contributed by atoms with Gasteiger partial charge in [0.05, 0.1) is 10.6 Å². The van der Waals surface area contributed by atoms with Gasteiger partial charge in [-0.15, -0.1) is 0 Å². The summed E-state index contributed by atoms with van der Waals surface area (Å²) in [4.78, 5) is 21.0. The topological polar surface area (TPSA) is 110 Å². The Morgan fingerprint density at radius 2 is 1.92 bits per heavy atom. The van der Waals surface area contributed by atoms with Gasteiger partial charge >= 0.3 is 5.69 Å². The maximum atomic E-state index is 13.9. The van der Waals surface area contributed by atoms with Gasteiger partial charge < -0.3 is 16.0 Å². The number of halogens is 1. The smallest absolute Gasteiger partial charge is 0.353 e. The molecule has 1 aliphatic rings. The highest BCUT2D eigenvalue weighted by molar-refractivity contribution is 5.72. The highest BCUT2D eigenvalue weighted by atomic mass is 19.1. The molecule has 0 aliphatic carbocycles. The molecule has 0 radical (unpaired) electrons. The predicted molar refractivity (Wildman–Crippen MR) is 97.9 cm³/mol. The van der Waals surface area contributed by atoms with Crippen molar-refractivity contribution in [3.8, 4) is 0 Å². The van der Waals surface area contributed by atoms with E-state index in [1.807, 2.05) is 4.90 Å². The Hall–Kier alpha value is -2.97. The van der Waals surface area contributed by atoms with E-state index < -0.39 is 10.7 Å². The Morgan fingerprint density at radius 3 is 2.54 bits per heavy atom. The first-order valence-corrected chi connectivity index (χ1v) is 8.43. The fourth-order valence-corrected chi connectivity index (χ4v) is 3.43. The summed E-state index contributed by atoms with van der Waals surface area (Å²) in [6.45, 7) is 5.47. The molecule has 2 heterocycles. The number of para-hydroxylation sites is 1. The molecule has 2 atom stereocenters. The SMILES string of the molecule is CC1CC(C)CN(c2nc(Nc3ccccc3F)nc(N)c2[N+](=O)[O-])C1. The van der Waals surface area contributed by atoms with Crippen molar-refractivity contribution in [3.63, 3.8) is 0 Å². The predicted octanol–water partition coefficient (Wildman–Crippen LogP) is 3.33. The molecule has 0 amide bonds. The summed E-state index contributed by atoms with van der Waals surface area (Å²) < 4.78 is 13.9. The molecule has 0 saturated carbocycles. The fraction of sp³-hybridized carbons (Fsp3) is 0.412. The Labute approximate surface area is 150 Å². The fourth-order valence-electron chi connectivity index (χ4n) is 3.43. The lowest BCUT2D eigenvalue weighted by atomic mass is 9.92. The molecule has 0 spiro atoms. The van der Waals surface area contributed by atoms with Crippen molar-refractivity contribution in [2.24, 2.45) is 11.8 Å². The number of nitrogens with zero attached hydrogens (tertiary/aromatic N) is 4. The molecule has 8 nitrogen and oxygen atoms in total. The molecule has 1 saturated heterocycles. The summed E-state index contributed by atoms with van der Waals surface area (Å²) in [5.74, 6) is 0.216. The van der Waals surface area contributed by atoms with Gasteiger partial charge in [-0.25, -0.2) is 4.39 Å². The number of nitrogens with one attached hydrogen (secondary N) is 1. The van der Waals surface area contributed by atoms with Gasteiger partial charge in [0.2, 0.25) is 17.6 Å². The monoisotopic (exact) mass is 360 g/mol. The zero-order valence-corrected chi connectivity index (χ0v) is 14.6. The highest BCUT2D eigenvalue weighted by Crippen LogP contribution is 2.36. The van der Waals surface area contributed by atoms with Crippen LogP contribution in [0.1, 0.15) is 20.3 Å². The van der Waals surface area contributed by atoms with E-state index in [2.05, 4.69) is 29.1 Å². The van der Waals surface area contributed by atoms with Gasteiger partial charge in [-0.1, -0.05) is 26.0 Å². The third-order valence-electron chi connectivity index (χ3n) is 4.36. The molecule has 0 bridgehead atoms. The number of benzene rings is 1. The third-order valence-corrected chi connectivity index (χ3v) is 4.36. The van der Waals surface area contributed by atoms with Gasteiger partial charge in [0.1, 0.15) is 5.82 Å². The van der Waals surface area contributed by atoms with E-state index in [-0.39, 0.29) is 29.0 Å². The minimum absolute atomic E-state index is 0.0269. The zero-order chi connectivity index (χ0) is 18.8. The summed E-state index contributed by atoms with van der Waals surface area (Å²) >= 11 is 0. The van der Waals surface area contributed by atoms with Crippen molar-refractivity contribution in [2.75, 3.05) is 29.0 Å². The standard InChI is InChI=1S/C17H21FN6O2/c1-10-7-11(2)9-23(8-10)16-14(24(25)26)15(19)21-17(22-16)20-13-6-4-3-5-12(13)18/h3-6,10-11H,7-9H2,1-2H3,(H3,19,20,21,22). The second kappa shape index (κ2) is 7.11. The Morgan fingerprint density at radius 1 is 1.27 bits per heavy atom. The van der Waals surface area contributed by atoms with Crippen LogP contribution in [0.3, 0.4) is 0 Å². The van der Waals surface area contributed by atoms with Crippen LogP contribution in [-0.4, -0.2) is 28.0 Å². The van der Waals surface area contributed by atoms with Gasteiger partial charge in [0, 0.05) is 13.1 Å². The lowest BCUT2D eigenvalue weighted by Gasteiger charge is -2.35. The summed E-state index contributed by atoms with van der Waals surface area (Å²) in [5.41, 5.74) is 5.70. The van der Waals surface area contributed by atoms with E-state index in [0.29, 0.717) is 24.9 Å². The first-order valence-electron chi connectivity index (χ1n) is 8.43. The number of piperidine rings is 1. The maximum absolute atomic E-state index is 13.9. The number of aromatic nitrogens is 2. The van der Waals surface area contributed by atoms with Gasteiger partial charge in [-0.2, -0.15) is 9.97 Å². The molecule has 3 N–H and O–H groups in total. The Bertz CT molecular complexity index is 821. The first kappa shape index (κ1) is 17.8. The molecule has 1 aromatic heterocycles. The third kappa shape index (κ3) is 3.66. The van der Waals surface area contributed by atoms with E-state index in [0.717, 1.165) is 6.42 Å². The molecule has 3 rings (SSSR count). The summed E-state index contributed by atoms with van der Waals surface area (Å²) in [7, 11) is 0. The average molecular weight is 360 g/mol. The summed E-state index contributed by atoms with van der Waals surface area (Å²) in [6.07, 6.45) is 1.05. The van der Waals surface area contributed by atoms with Gasteiger partial charge in [0.25, 0.3) is 0 Å². The summed E-state index contributed by atoms with van der Waals surface area (Å²) in [6, 6.07) is 6.05. The highest BCUT2D eigenvalue weighted by Gasteiger charge is 2.31. The van der Waals surface area contributed by atoms with E-state index in [9.17, 15) is 14.5 Å². The molecular formula is C17H21FN6O2. The van der Waals surface area contributed by atoms with Gasteiger partial charge in [-0.05, 0) is 30.4 Å². The van der Waals surface area contributed by atoms with Crippen LogP contribution in [0.2, 0.25) is 0 Å². The summed E-state index contributed by atoms with van der Waals surface area (Å²) in [5, 5.41) is 14.3. The molecule has 2 unspecified atom stereocenters. The molecule has 1 fully saturated rings. The largest absolute Gasteiger partial charge is 0.378 e. The van der Waals surface area contributed by atoms with Crippen LogP contribution in [-0.2, 0) is 0 Å². The van der Waals surface area contributed by atoms with E-state index in [1.165, 1.54) is 12.1 Å². The van der Waals surface area contributed by atoms with E-state index >= 15 is 0 Å². The first-order chi connectivity index (χ1) is 12.3. The van der Waals surface area contributed by atoms with Crippen LogP contribution in [0.15, 0.2) is 24.3 Å². The number of nitrogen functional groups attached to an aromatic ring is 1. The molecule has 1 aromatic carbocycles. The van der Waals surface area contributed by atoms with Gasteiger partial charge in [0.15, 0.2) is 0 Å². The minimum Gasteiger partial charge on any atom is -0.378 e. The molecule has 9 heteroatoms. The van der Waals surface area contributed by atoms with Crippen molar-refractivity contribution in [1.29, 1.82) is 0 Å². The minimum atomic E-state index is -0.568. The zero-order valence-electron chi connectivity index (χ0n) is 14.6. The number of nitrogens with two attached hydrogens (primary N) is 1. The molecule has 2 aromatic rings. The number of nitro groups is 1. The van der Waals surface area contributed by atoms with Gasteiger partial charge in [-0.3, -0.25) is 10.1 Å². The van der Waals surface area contributed by atoms with E-state index in [1.54, 1.807) is 12.1 Å². The van der Waals surface area contributed by atoms with Crippen LogP contribution in [0.5, 0.6) is 0 Å². The average Bonchev–Trinajstić information content (AvgIpc) is 2.55. The van der Waals surface area contributed by atoms with Crippen molar-refractivity contribution in [1.82, 2.24) is 9.97 Å². The van der Waals surface area contributed by atoms with Crippen LogP contribution >= 0.6 is 0 Å². The molecular weight excluding hydrogens is 339 g/mol. The molecule has 26 heavy (non-hydrogen) atoms. The second-order valence-corrected chi connectivity index (χ2v) is 6.82. The van der Waals surface area contributed by atoms with Crippen LogP contribution in [0.25, 0.3) is 0 Å². The van der Waals surface area contributed by atoms with Crippen molar-refractivity contribution >= 4 is 29.0 Å². The number of rotatable bonds is 4. The van der Waals surface area contributed by atoms with Crippen LogP contribution < -0.4 is 16.0 Å². The lowest BCUT2D eigenvalue weighted by molar-refractivity contribution is -0.383. The molecule has 1 aliphatic heterocycles.